The molecule has 0 aliphatic carbocycles. The van der Waals surface area contributed by atoms with Crippen molar-refractivity contribution in [2.75, 3.05) is 6.61 Å². The van der Waals surface area contributed by atoms with E-state index in [1.165, 1.54) is 12.1 Å². The van der Waals surface area contributed by atoms with Crippen LogP contribution < -0.4 is 10.5 Å². The van der Waals surface area contributed by atoms with E-state index in [0.717, 1.165) is 0 Å². The Morgan fingerprint density at radius 1 is 1.39 bits per heavy atom. The first-order valence-electron chi connectivity index (χ1n) is 5.97. The maximum atomic E-state index is 13.1. The van der Waals surface area contributed by atoms with Crippen molar-refractivity contribution in [1.29, 1.82) is 0 Å². The number of benzene rings is 1. The van der Waals surface area contributed by atoms with Crippen LogP contribution in [0.4, 0.5) is 4.39 Å². The Balaban J connectivity index is 2.75. The molecule has 0 aliphatic heterocycles. The minimum Gasteiger partial charge on any atom is -0.481 e. The van der Waals surface area contributed by atoms with E-state index >= 15 is 0 Å². The molecule has 1 aromatic rings. The fraction of sp³-hybridized carbons (Fsp3) is 0.467. The summed E-state index contributed by atoms with van der Waals surface area (Å²) in [7, 11) is 0. The van der Waals surface area contributed by atoms with E-state index in [-0.39, 0.29) is 23.9 Å². The minimum atomic E-state index is -0.310. The molecule has 18 heavy (non-hydrogen) atoms. The molecule has 3 heteroatoms. The zero-order valence-corrected chi connectivity index (χ0v) is 11.4. The van der Waals surface area contributed by atoms with Gasteiger partial charge in [0.1, 0.15) is 18.2 Å². The van der Waals surface area contributed by atoms with Gasteiger partial charge in [0.25, 0.3) is 0 Å². The van der Waals surface area contributed by atoms with Crippen LogP contribution in [0.5, 0.6) is 5.75 Å². The smallest absolute Gasteiger partial charge is 0.149 e. The second-order valence-electron chi connectivity index (χ2n) is 5.31. The van der Waals surface area contributed by atoms with Crippen LogP contribution in [0.15, 0.2) is 18.2 Å². The summed E-state index contributed by atoms with van der Waals surface area (Å²) in [6, 6.07) is 4.08. The normalized spacial score (nSPS) is 12.6. The zero-order chi connectivity index (χ0) is 13.8. The highest BCUT2D eigenvalue weighted by Gasteiger charge is 2.09. The number of hydrogen-bond acceptors (Lipinski definition) is 2. The molecule has 1 atom stereocenters. The number of nitrogens with two attached hydrogens (primary N) is 1. The topological polar surface area (TPSA) is 35.2 Å². The summed E-state index contributed by atoms with van der Waals surface area (Å²) in [5, 5.41) is 0. The summed E-state index contributed by atoms with van der Waals surface area (Å²) in [4.78, 5) is 0. The summed E-state index contributed by atoms with van der Waals surface area (Å²) in [6.45, 7) is 8.17. The fourth-order valence-corrected chi connectivity index (χ4v) is 1.42. The molecule has 0 radical (unpaired) electrons. The fourth-order valence-electron chi connectivity index (χ4n) is 1.42. The van der Waals surface area contributed by atoms with Gasteiger partial charge in [-0.2, -0.15) is 0 Å². The molecule has 2 nitrogen and oxygen atoms in total. The van der Waals surface area contributed by atoms with Crippen molar-refractivity contribution in [3.8, 4) is 17.6 Å². The van der Waals surface area contributed by atoms with Crippen LogP contribution in [0, 0.1) is 23.1 Å². The number of rotatable bonds is 3. The molecule has 0 heterocycles. The third-order valence-corrected chi connectivity index (χ3v) is 2.23. The molecule has 0 spiro atoms. The third kappa shape index (κ3) is 4.77. The van der Waals surface area contributed by atoms with E-state index in [1.807, 2.05) is 20.8 Å². The molecule has 0 amide bonds. The Hall–Kier alpha value is -1.53. The van der Waals surface area contributed by atoms with Crippen molar-refractivity contribution in [2.24, 2.45) is 11.1 Å². The first-order chi connectivity index (χ1) is 8.29. The lowest BCUT2D eigenvalue weighted by atomic mass is 9.98. The first kappa shape index (κ1) is 14.5. The van der Waals surface area contributed by atoms with Crippen LogP contribution in [0.3, 0.4) is 0 Å². The number of halogens is 1. The third-order valence-electron chi connectivity index (χ3n) is 2.23. The molecule has 0 aliphatic rings. The standard InChI is InChI=1S/C15H20FNO/c1-11(17)13-10-12(16)6-7-14(13)18-9-5-8-15(2,3)4/h6-7,10-11H,9,17H2,1-4H3/t11-/m1/s1. The van der Waals surface area contributed by atoms with Crippen LogP contribution >= 0.6 is 0 Å². The first-order valence-corrected chi connectivity index (χ1v) is 5.97. The van der Waals surface area contributed by atoms with Crippen LogP contribution in [0.2, 0.25) is 0 Å². The predicted molar refractivity (Wildman–Crippen MR) is 71.7 cm³/mol. The van der Waals surface area contributed by atoms with Gasteiger partial charge in [-0.25, -0.2) is 4.39 Å². The highest BCUT2D eigenvalue weighted by Crippen LogP contribution is 2.24. The van der Waals surface area contributed by atoms with Gasteiger partial charge in [-0.15, -0.1) is 0 Å². The molecule has 0 aromatic heterocycles. The number of hydrogen-bond donors (Lipinski definition) is 1. The molecule has 0 unspecified atom stereocenters. The van der Waals surface area contributed by atoms with Crippen molar-refractivity contribution < 1.29 is 9.13 Å². The van der Waals surface area contributed by atoms with Gasteiger partial charge in [-0.05, 0) is 45.9 Å². The monoisotopic (exact) mass is 249 g/mol. The van der Waals surface area contributed by atoms with Crippen molar-refractivity contribution in [3.05, 3.63) is 29.6 Å². The highest BCUT2D eigenvalue weighted by atomic mass is 19.1. The lowest BCUT2D eigenvalue weighted by molar-refractivity contribution is 0.362. The molecule has 1 rings (SSSR count). The summed E-state index contributed by atoms with van der Waals surface area (Å²) < 4.78 is 18.6. The zero-order valence-electron chi connectivity index (χ0n) is 11.4. The van der Waals surface area contributed by atoms with E-state index in [4.69, 9.17) is 10.5 Å². The summed E-state index contributed by atoms with van der Waals surface area (Å²) in [5.41, 5.74) is 6.39. The Kier molecular flexibility index (Phi) is 4.75. The van der Waals surface area contributed by atoms with Crippen LogP contribution in [-0.4, -0.2) is 6.61 Å². The maximum Gasteiger partial charge on any atom is 0.149 e. The van der Waals surface area contributed by atoms with Gasteiger partial charge in [-0.1, -0.05) is 11.8 Å². The van der Waals surface area contributed by atoms with E-state index in [0.29, 0.717) is 11.3 Å². The average molecular weight is 249 g/mol. The molecule has 0 saturated heterocycles. The summed E-state index contributed by atoms with van der Waals surface area (Å²) >= 11 is 0. The van der Waals surface area contributed by atoms with Crippen LogP contribution in [0.25, 0.3) is 0 Å². The summed E-state index contributed by atoms with van der Waals surface area (Å²) in [6.07, 6.45) is 0. The van der Waals surface area contributed by atoms with Crippen LogP contribution in [-0.2, 0) is 0 Å². The lowest BCUT2D eigenvalue weighted by Gasteiger charge is -2.12. The Labute approximate surface area is 108 Å². The number of ether oxygens (including phenoxy) is 1. The van der Waals surface area contributed by atoms with E-state index < -0.39 is 0 Å². The molecule has 0 saturated carbocycles. The van der Waals surface area contributed by atoms with Gasteiger partial charge in [-0.3, -0.25) is 0 Å². The van der Waals surface area contributed by atoms with Crippen molar-refractivity contribution in [3.63, 3.8) is 0 Å². The molecule has 0 fully saturated rings. The predicted octanol–water partition coefficient (Wildman–Crippen LogP) is 3.27. The van der Waals surface area contributed by atoms with Crippen molar-refractivity contribution in [1.82, 2.24) is 0 Å². The molecular formula is C15H20FNO. The van der Waals surface area contributed by atoms with Gasteiger partial charge in [0.2, 0.25) is 0 Å². The molecule has 98 valence electrons. The summed E-state index contributed by atoms with van der Waals surface area (Å²) in [5.74, 6) is 6.30. The van der Waals surface area contributed by atoms with Gasteiger partial charge in [0.05, 0.1) is 0 Å². The largest absolute Gasteiger partial charge is 0.481 e. The van der Waals surface area contributed by atoms with Gasteiger partial charge >= 0.3 is 0 Å². The van der Waals surface area contributed by atoms with E-state index in [1.54, 1.807) is 13.0 Å². The molecule has 0 bridgehead atoms. The Bertz CT molecular complexity index is 464. The van der Waals surface area contributed by atoms with Crippen molar-refractivity contribution in [2.45, 2.75) is 33.7 Å². The molecular weight excluding hydrogens is 229 g/mol. The Morgan fingerprint density at radius 3 is 2.61 bits per heavy atom. The van der Waals surface area contributed by atoms with Crippen molar-refractivity contribution >= 4 is 0 Å². The maximum absolute atomic E-state index is 13.1. The van der Waals surface area contributed by atoms with Gasteiger partial charge in [0, 0.05) is 17.0 Å². The minimum absolute atomic E-state index is 0.0455. The quantitative estimate of drug-likeness (QED) is 0.834. The Morgan fingerprint density at radius 2 is 2.06 bits per heavy atom. The molecule has 2 N–H and O–H groups in total. The average Bonchev–Trinajstić information content (AvgIpc) is 2.24. The SMILES string of the molecule is C[C@@H](N)c1cc(F)ccc1OCC#CC(C)(C)C. The van der Waals surface area contributed by atoms with Crippen LogP contribution in [0.1, 0.15) is 39.3 Å². The second kappa shape index (κ2) is 5.88. The lowest BCUT2D eigenvalue weighted by Crippen LogP contribution is -2.09. The van der Waals surface area contributed by atoms with E-state index in [9.17, 15) is 4.39 Å². The van der Waals surface area contributed by atoms with Gasteiger partial charge < -0.3 is 10.5 Å². The molecule has 1 aromatic carbocycles. The second-order valence-corrected chi connectivity index (χ2v) is 5.31. The van der Waals surface area contributed by atoms with E-state index in [2.05, 4.69) is 11.8 Å². The van der Waals surface area contributed by atoms with Gasteiger partial charge in [0.15, 0.2) is 0 Å². The highest BCUT2D eigenvalue weighted by molar-refractivity contribution is 5.36.